The predicted octanol–water partition coefficient (Wildman–Crippen LogP) is 5.46. The molecule has 6 nitrogen and oxygen atoms in total. The molecule has 164 valence electrons. The monoisotopic (exact) mass is 450 g/mol. The molecule has 2 aromatic heterocycles. The highest BCUT2D eigenvalue weighted by molar-refractivity contribution is 7.20. The van der Waals surface area contributed by atoms with Gasteiger partial charge in [0.2, 0.25) is 0 Å². The summed E-state index contributed by atoms with van der Waals surface area (Å²) >= 11 is 1.25. The number of H-pyrrole nitrogens is 1. The molecule has 3 N–H and O–H groups in total. The van der Waals surface area contributed by atoms with Crippen LogP contribution in [0, 0.1) is 5.82 Å². The van der Waals surface area contributed by atoms with E-state index in [0.29, 0.717) is 26.5 Å². The number of benzene rings is 2. The number of halogens is 1. The number of carbonyl (C=O) groups excluding carboxylic acids is 2. The molecule has 0 aliphatic heterocycles. The number of amides is 2. The standard InChI is InChI=1S/C24H23FN4O2S/c1-3-24(4-2,16-8-6-5-7-9-16)27-22(31)19-14-18-20(28-29-23(18)32-19)26-21(30)15-10-12-17(25)13-11-15/h5-14H,3-4H2,1-2H3,(H,27,31)(H2,26,28,29,30). The number of hydrogen-bond acceptors (Lipinski definition) is 4. The molecular formula is C24H23FN4O2S. The van der Waals surface area contributed by atoms with Crippen LogP contribution in [0.1, 0.15) is 52.3 Å². The number of fused-ring (bicyclic) bond motifs is 1. The molecule has 8 heteroatoms. The number of anilines is 1. The van der Waals surface area contributed by atoms with E-state index in [1.54, 1.807) is 6.07 Å². The van der Waals surface area contributed by atoms with Crippen molar-refractivity contribution >= 4 is 39.2 Å². The van der Waals surface area contributed by atoms with Crippen LogP contribution in [0.25, 0.3) is 10.2 Å². The van der Waals surface area contributed by atoms with Crippen molar-refractivity contribution in [2.75, 3.05) is 5.32 Å². The second-order valence-corrected chi connectivity index (χ2v) is 8.53. The zero-order valence-electron chi connectivity index (χ0n) is 17.7. The van der Waals surface area contributed by atoms with E-state index in [4.69, 9.17) is 0 Å². The van der Waals surface area contributed by atoms with E-state index in [0.717, 1.165) is 18.4 Å². The molecule has 2 aromatic carbocycles. The lowest BCUT2D eigenvalue weighted by molar-refractivity contribution is 0.0893. The lowest BCUT2D eigenvalue weighted by atomic mass is 9.84. The van der Waals surface area contributed by atoms with Crippen LogP contribution >= 0.6 is 11.3 Å². The van der Waals surface area contributed by atoms with Gasteiger partial charge in [-0.05, 0) is 48.7 Å². The first-order valence-corrected chi connectivity index (χ1v) is 11.2. The molecule has 0 fully saturated rings. The van der Waals surface area contributed by atoms with Gasteiger partial charge in [0.25, 0.3) is 11.8 Å². The Kier molecular flexibility index (Phi) is 6.05. The number of nitrogens with zero attached hydrogens (tertiary/aromatic N) is 1. The molecule has 0 aliphatic rings. The summed E-state index contributed by atoms with van der Waals surface area (Å²) in [4.78, 5) is 26.7. The van der Waals surface area contributed by atoms with Crippen LogP contribution in [-0.2, 0) is 5.54 Å². The maximum Gasteiger partial charge on any atom is 0.262 e. The number of hydrogen-bond donors (Lipinski definition) is 3. The molecule has 0 unspecified atom stereocenters. The highest BCUT2D eigenvalue weighted by atomic mass is 32.1. The van der Waals surface area contributed by atoms with Crippen LogP contribution in [0.15, 0.2) is 60.7 Å². The average Bonchev–Trinajstić information content (AvgIpc) is 3.40. The fourth-order valence-electron chi connectivity index (χ4n) is 3.75. The fraction of sp³-hybridized carbons (Fsp3) is 0.208. The summed E-state index contributed by atoms with van der Waals surface area (Å²) in [7, 11) is 0. The van der Waals surface area contributed by atoms with Crippen LogP contribution in [0.3, 0.4) is 0 Å². The SMILES string of the molecule is CCC(CC)(NC(=O)c1cc2c(NC(=O)c3ccc(F)cc3)[nH]nc2s1)c1ccccc1. The molecular weight excluding hydrogens is 427 g/mol. The first-order chi connectivity index (χ1) is 15.5. The van der Waals surface area contributed by atoms with Gasteiger partial charge < -0.3 is 10.6 Å². The summed E-state index contributed by atoms with van der Waals surface area (Å²) < 4.78 is 13.1. The number of aromatic amines is 1. The Morgan fingerprint density at radius 1 is 1.03 bits per heavy atom. The Morgan fingerprint density at radius 2 is 1.72 bits per heavy atom. The van der Waals surface area contributed by atoms with Gasteiger partial charge in [-0.1, -0.05) is 44.2 Å². The lowest BCUT2D eigenvalue weighted by Crippen LogP contribution is -2.44. The minimum Gasteiger partial charge on any atom is -0.342 e. The van der Waals surface area contributed by atoms with E-state index >= 15 is 0 Å². The summed E-state index contributed by atoms with van der Waals surface area (Å²) in [6.07, 6.45) is 1.50. The topological polar surface area (TPSA) is 86.9 Å². The Bertz CT molecular complexity index is 1240. The summed E-state index contributed by atoms with van der Waals surface area (Å²) in [5, 5.41) is 13.6. The smallest absolute Gasteiger partial charge is 0.262 e. The van der Waals surface area contributed by atoms with E-state index in [2.05, 4.69) is 34.7 Å². The van der Waals surface area contributed by atoms with Gasteiger partial charge in [-0.25, -0.2) is 4.39 Å². The van der Waals surface area contributed by atoms with Crippen molar-refractivity contribution in [3.63, 3.8) is 0 Å². The minimum atomic E-state index is -0.467. The number of nitrogens with one attached hydrogen (secondary N) is 3. The van der Waals surface area contributed by atoms with E-state index in [-0.39, 0.29) is 5.91 Å². The zero-order valence-corrected chi connectivity index (χ0v) is 18.6. The van der Waals surface area contributed by atoms with Crippen LogP contribution < -0.4 is 10.6 Å². The predicted molar refractivity (Wildman–Crippen MR) is 124 cm³/mol. The Morgan fingerprint density at radius 3 is 2.38 bits per heavy atom. The molecule has 4 rings (SSSR count). The van der Waals surface area contributed by atoms with Crippen LogP contribution in [0.5, 0.6) is 0 Å². The van der Waals surface area contributed by atoms with Gasteiger partial charge in [-0.15, -0.1) is 11.3 Å². The van der Waals surface area contributed by atoms with E-state index in [9.17, 15) is 14.0 Å². The van der Waals surface area contributed by atoms with Crippen LogP contribution in [0.2, 0.25) is 0 Å². The maximum atomic E-state index is 13.1. The second-order valence-electron chi connectivity index (χ2n) is 7.50. The summed E-state index contributed by atoms with van der Waals surface area (Å²) in [5.74, 6) is -0.598. The van der Waals surface area contributed by atoms with Crippen molar-refractivity contribution in [1.29, 1.82) is 0 Å². The molecule has 32 heavy (non-hydrogen) atoms. The molecule has 0 bridgehead atoms. The molecule has 0 saturated carbocycles. The molecule has 2 heterocycles. The van der Waals surface area contributed by atoms with Crippen molar-refractivity contribution in [3.8, 4) is 0 Å². The van der Waals surface area contributed by atoms with Gasteiger partial charge in [0.15, 0.2) is 0 Å². The molecule has 0 radical (unpaired) electrons. The van der Waals surface area contributed by atoms with Crippen molar-refractivity contribution in [1.82, 2.24) is 15.5 Å². The minimum absolute atomic E-state index is 0.184. The highest BCUT2D eigenvalue weighted by Crippen LogP contribution is 2.32. The van der Waals surface area contributed by atoms with Gasteiger partial charge in [0.05, 0.1) is 15.8 Å². The fourth-order valence-corrected chi connectivity index (χ4v) is 4.64. The van der Waals surface area contributed by atoms with E-state index in [1.165, 1.54) is 35.6 Å². The largest absolute Gasteiger partial charge is 0.342 e. The number of carbonyl (C=O) groups is 2. The molecule has 0 spiro atoms. The highest BCUT2D eigenvalue weighted by Gasteiger charge is 2.31. The third-order valence-corrected chi connectivity index (χ3v) is 6.73. The zero-order chi connectivity index (χ0) is 22.7. The Labute approximate surface area is 188 Å². The van der Waals surface area contributed by atoms with Gasteiger partial charge in [0, 0.05) is 5.56 Å². The molecule has 0 saturated heterocycles. The molecule has 0 aliphatic carbocycles. The molecule has 2 amide bonds. The summed E-state index contributed by atoms with van der Waals surface area (Å²) in [6, 6.07) is 16.9. The normalized spacial score (nSPS) is 11.5. The quantitative estimate of drug-likeness (QED) is 0.349. The van der Waals surface area contributed by atoms with Crippen molar-refractivity contribution in [2.24, 2.45) is 0 Å². The Hall–Kier alpha value is -3.52. The van der Waals surface area contributed by atoms with Crippen molar-refractivity contribution < 1.29 is 14.0 Å². The number of rotatable bonds is 7. The number of aromatic nitrogens is 2. The van der Waals surface area contributed by atoms with Crippen molar-refractivity contribution in [2.45, 2.75) is 32.2 Å². The van der Waals surface area contributed by atoms with E-state index in [1.807, 2.05) is 30.3 Å². The second kappa shape index (κ2) is 8.92. The number of thiophene rings is 1. The first kappa shape index (κ1) is 21.7. The van der Waals surface area contributed by atoms with E-state index < -0.39 is 17.3 Å². The molecule has 0 atom stereocenters. The molecule has 4 aromatic rings. The van der Waals surface area contributed by atoms with Crippen LogP contribution in [0.4, 0.5) is 10.2 Å². The van der Waals surface area contributed by atoms with Gasteiger partial charge in [-0.2, -0.15) is 5.10 Å². The van der Waals surface area contributed by atoms with Crippen molar-refractivity contribution in [3.05, 3.63) is 82.5 Å². The van der Waals surface area contributed by atoms with Crippen LogP contribution in [-0.4, -0.2) is 22.0 Å². The Balaban J connectivity index is 1.56. The maximum absolute atomic E-state index is 13.1. The van der Waals surface area contributed by atoms with Gasteiger partial charge >= 0.3 is 0 Å². The lowest BCUT2D eigenvalue weighted by Gasteiger charge is -2.33. The third-order valence-electron chi connectivity index (χ3n) is 5.71. The average molecular weight is 451 g/mol. The summed E-state index contributed by atoms with van der Waals surface area (Å²) in [6.45, 7) is 4.11. The van der Waals surface area contributed by atoms with Gasteiger partial charge in [0.1, 0.15) is 16.5 Å². The summed E-state index contributed by atoms with van der Waals surface area (Å²) in [5.41, 5.74) is 0.916. The third kappa shape index (κ3) is 4.13. The first-order valence-electron chi connectivity index (χ1n) is 10.4. The van der Waals surface area contributed by atoms with Gasteiger partial charge in [-0.3, -0.25) is 14.7 Å².